The first-order valence-corrected chi connectivity index (χ1v) is 11.6. The molecule has 2 N–H and O–H groups in total. The lowest BCUT2D eigenvalue weighted by Gasteiger charge is -2.23. The van der Waals surface area contributed by atoms with Crippen LogP contribution in [0.3, 0.4) is 0 Å². The molecule has 188 valence electrons. The molecule has 1 fully saturated rings. The molecule has 1 atom stereocenters. The number of rotatable bonds is 6. The Bertz CT molecular complexity index is 1470. The highest BCUT2D eigenvalue weighted by Crippen LogP contribution is 2.29. The number of ether oxygens (including phenoxy) is 1. The maximum absolute atomic E-state index is 13.2. The lowest BCUT2D eigenvalue weighted by atomic mass is 10.1. The highest BCUT2D eigenvalue weighted by molar-refractivity contribution is 5.95. The number of carbonyl (C=O) groups excluding carboxylic acids is 1. The zero-order chi connectivity index (χ0) is 25.3. The van der Waals surface area contributed by atoms with Crippen LogP contribution in [0.2, 0.25) is 0 Å². The molecule has 5 rings (SSSR count). The van der Waals surface area contributed by atoms with Crippen LogP contribution in [-0.2, 0) is 16.1 Å². The Balaban J connectivity index is 1.41. The average Bonchev–Trinajstić information content (AvgIpc) is 3.28. The molecule has 1 aliphatic rings. The van der Waals surface area contributed by atoms with E-state index in [-0.39, 0.29) is 6.23 Å². The molecule has 3 heterocycles. The maximum Gasteiger partial charge on any atom is 0.405 e. The molecule has 1 amide bonds. The molecule has 0 spiro atoms. The van der Waals surface area contributed by atoms with E-state index in [1.807, 2.05) is 22.9 Å². The SMILES string of the molecule is O=C(Cn1ccc2cccc(Nc3ccc4c(cnn4C4CCCCO4)c3)c2c1=O)NCC(F)(F)F. The summed E-state index contributed by atoms with van der Waals surface area (Å²) in [6, 6.07) is 12.7. The van der Waals surface area contributed by atoms with Crippen LogP contribution >= 0.6 is 0 Å². The van der Waals surface area contributed by atoms with Gasteiger partial charge in [-0.2, -0.15) is 18.3 Å². The summed E-state index contributed by atoms with van der Waals surface area (Å²) >= 11 is 0. The van der Waals surface area contributed by atoms with E-state index in [1.54, 1.807) is 35.8 Å². The number of halogens is 3. The van der Waals surface area contributed by atoms with Gasteiger partial charge < -0.3 is 19.9 Å². The van der Waals surface area contributed by atoms with Crippen molar-refractivity contribution in [3.8, 4) is 0 Å². The summed E-state index contributed by atoms with van der Waals surface area (Å²) in [4.78, 5) is 25.1. The molecule has 0 aliphatic carbocycles. The normalized spacial score (nSPS) is 16.4. The van der Waals surface area contributed by atoms with Crippen LogP contribution in [0.4, 0.5) is 24.5 Å². The maximum atomic E-state index is 13.2. The van der Waals surface area contributed by atoms with Gasteiger partial charge in [-0.25, -0.2) is 4.68 Å². The number of nitrogens with zero attached hydrogens (tertiary/aromatic N) is 3. The fraction of sp³-hybridized carbons (Fsp3) is 0.320. The largest absolute Gasteiger partial charge is 0.405 e. The fourth-order valence-corrected chi connectivity index (χ4v) is 4.40. The van der Waals surface area contributed by atoms with Gasteiger partial charge in [0, 0.05) is 23.9 Å². The highest BCUT2D eigenvalue weighted by Gasteiger charge is 2.27. The van der Waals surface area contributed by atoms with Gasteiger partial charge in [-0.1, -0.05) is 12.1 Å². The number of benzene rings is 2. The summed E-state index contributed by atoms with van der Waals surface area (Å²) < 4.78 is 46.0. The molecule has 0 saturated carbocycles. The van der Waals surface area contributed by atoms with Gasteiger partial charge in [0.15, 0.2) is 6.23 Å². The van der Waals surface area contributed by atoms with Crippen molar-refractivity contribution in [2.24, 2.45) is 0 Å². The van der Waals surface area contributed by atoms with Crippen LogP contribution in [-0.4, -0.2) is 39.6 Å². The smallest absolute Gasteiger partial charge is 0.356 e. The van der Waals surface area contributed by atoms with E-state index in [4.69, 9.17) is 4.74 Å². The number of nitrogens with one attached hydrogen (secondary N) is 2. The number of alkyl halides is 3. The van der Waals surface area contributed by atoms with Gasteiger partial charge in [-0.15, -0.1) is 0 Å². The Morgan fingerprint density at radius 1 is 1.14 bits per heavy atom. The summed E-state index contributed by atoms with van der Waals surface area (Å²) in [5.74, 6) is -0.899. The quantitative estimate of drug-likeness (QED) is 0.409. The first kappa shape index (κ1) is 23.9. The van der Waals surface area contributed by atoms with Gasteiger partial charge in [0.2, 0.25) is 5.91 Å². The van der Waals surface area contributed by atoms with Gasteiger partial charge >= 0.3 is 6.18 Å². The summed E-state index contributed by atoms with van der Waals surface area (Å²) in [6.07, 6.45) is 1.61. The molecule has 8 nitrogen and oxygen atoms in total. The van der Waals surface area contributed by atoms with Crippen molar-refractivity contribution < 1.29 is 22.7 Å². The Hall–Kier alpha value is -3.86. The Kier molecular flexibility index (Phi) is 6.40. The first-order chi connectivity index (χ1) is 17.3. The summed E-state index contributed by atoms with van der Waals surface area (Å²) in [7, 11) is 0. The minimum atomic E-state index is -4.53. The van der Waals surface area contributed by atoms with Crippen molar-refractivity contribution in [2.75, 3.05) is 18.5 Å². The van der Waals surface area contributed by atoms with Crippen LogP contribution < -0.4 is 16.2 Å². The minimum Gasteiger partial charge on any atom is -0.356 e. The third-order valence-corrected chi connectivity index (χ3v) is 6.11. The molecule has 4 aromatic rings. The predicted molar refractivity (Wildman–Crippen MR) is 129 cm³/mol. The molecule has 11 heteroatoms. The molecule has 2 aromatic carbocycles. The number of carbonyl (C=O) groups is 1. The summed E-state index contributed by atoms with van der Waals surface area (Å²) in [6.45, 7) is -1.26. The van der Waals surface area contributed by atoms with Crippen LogP contribution in [0.5, 0.6) is 0 Å². The van der Waals surface area contributed by atoms with E-state index in [1.165, 1.54) is 6.20 Å². The topological polar surface area (TPSA) is 90.2 Å². The van der Waals surface area contributed by atoms with E-state index < -0.39 is 30.7 Å². The summed E-state index contributed by atoms with van der Waals surface area (Å²) in [5, 5.41) is 11.4. The molecular weight excluding hydrogens is 475 g/mol. The van der Waals surface area contributed by atoms with Gasteiger partial charge in [0.1, 0.15) is 13.1 Å². The third-order valence-electron chi connectivity index (χ3n) is 6.11. The van der Waals surface area contributed by atoms with E-state index in [9.17, 15) is 22.8 Å². The van der Waals surface area contributed by atoms with Crippen molar-refractivity contribution in [1.82, 2.24) is 19.7 Å². The standard InChI is InChI=1S/C25H24F3N5O3/c26-25(27,28)15-29-21(34)14-32-10-9-16-4-3-5-19(23(16)24(32)35)31-18-7-8-20-17(12-18)13-30-33(20)22-6-1-2-11-36-22/h3-5,7-10,12-13,22,31H,1-2,6,11,14-15H2,(H,29,34). The monoisotopic (exact) mass is 499 g/mol. The number of aromatic nitrogens is 3. The number of hydrogen-bond acceptors (Lipinski definition) is 5. The van der Waals surface area contributed by atoms with Crippen molar-refractivity contribution in [2.45, 2.75) is 38.2 Å². The lowest BCUT2D eigenvalue weighted by molar-refractivity contribution is -0.138. The second-order valence-corrected chi connectivity index (χ2v) is 8.72. The van der Waals surface area contributed by atoms with Crippen molar-refractivity contribution in [1.29, 1.82) is 0 Å². The molecular formula is C25H24F3N5O3. The Labute approximate surface area is 203 Å². The molecule has 0 bridgehead atoms. The minimum absolute atomic E-state index is 0.0834. The van der Waals surface area contributed by atoms with Crippen molar-refractivity contribution >= 4 is 39.0 Å². The Morgan fingerprint density at radius 2 is 2.00 bits per heavy atom. The van der Waals surface area contributed by atoms with E-state index in [2.05, 4.69) is 10.4 Å². The fourth-order valence-electron chi connectivity index (χ4n) is 4.40. The lowest BCUT2D eigenvalue weighted by Crippen LogP contribution is -2.37. The van der Waals surface area contributed by atoms with Crippen LogP contribution in [0, 0.1) is 0 Å². The molecule has 1 unspecified atom stereocenters. The number of hydrogen-bond donors (Lipinski definition) is 2. The molecule has 1 aliphatic heterocycles. The first-order valence-electron chi connectivity index (χ1n) is 11.6. The second-order valence-electron chi connectivity index (χ2n) is 8.72. The zero-order valence-corrected chi connectivity index (χ0v) is 19.2. The number of amides is 1. The van der Waals surface area contributed by atoms with Gasteiger partial charge in [0.05, 0.1) is 22.8 Å². The second kappa shape index (κ2) is 9.65. The van der Waals surface area contributed by atoms with Crippen molar-refractivity contribution in [3.63, 3.8) is 0 Å². The zero-order valence-electron chi connectivity index (χ0n) is 19.2. The van der Waals surface area contributed by atoms with Gasteiger partial charge in [-0.3, -0.25) is 9.59 Å². The molecule has 36 heavy (non-hydrogen) atoms. The number of anilines is 2. The summed E-state index contributed by atoms with van der Waals surface area (Å²) in [5.41, 5.74) is 1.71. The van der Waals surface area contributed by atoms with Crippen LogP contribution in [0.25, 0.3) is 21.7 Å². The van der Waals surface area contributed by atoms with Gasteiger partial charge in [0.25, 0.3) is 5.56 Å². The Morgan fingerprint density at radius 3 is 2.78 bits per heavy atom. The van der Waals surface area contributed by atoms with E-state index >= 15 is 0 Å². The van der Waals surface area contributed by atoms with Crippen molar-refractivity contribution in [3.05, 3.63) is 65.2 Å². The van der Waals surface area contributed by atoms with E-state index in [0.717, 1.165) is 40.4 Å². The number of pyridine rings is 1. The molecule has 0 radical (unpaired) electrons. The predicted octanol–water partition coefficient (Wildman–Crippen LogP) is 4.47. The van der Waals surface area contributed by atoms with E-state index in [0.29, 0.717) is 23.1 Å². The average molecular weight is 499 g/mol. The third kappa shape index (κ3) is 5.06. The molecule has 1 saturated heterocycles. The molecule has 2 aromatic heterocycles. The number of fused-ring (bicyclic) bond motifs is 2. The van der Waals surface area contributed by atoms with Gasteiger partial charge in [-0.05, 0) is 55.0 Å². The highest BCUT2D eigenvalue weighted by atomic mass is 19.4. The van der Waals surface area contributed by atoms with Crippen LogP contribution in [0.15, 0.2) is 59.7 Å². The van der Waals surface area contributed by atoms with Crippen LogP contribution in [0.1, 0.15) is 25.5 Å².